The average Bonchev–Trinajstić information content (AvgIpc) is 2.54. The minimum atomic E-state index is -0.185. The number of aromatic nitrogens is 1. The van der Waals surface area contributed by atoms with Crippen LogP contribution in [-0.2, 0) is 4.79 Å². The molecular weight excluding hydrogens is 532 g/mol. The van der Waals surface area contributed by atoms with Gasteiger partial charge in [0.2, 0.25) is 5.91 Å². The van der Waals surface area contributed by atoms with Crippen molar-refractivity contribution in [1.29, 1.82) is 0 Å². The Hall–Kier alpha value is -1.62. The van der Waals surface area contributed by atoms with Crippen molar-refractivity contribution in [3.63, 3.8) is 0 Å². The van der Waals surface area contributed by atoms with Gasteiger partial charge in [-0.25, -0.2) is 0 Å². The van der Waals surface area contributed by atoms with Crippen LogP contribution in [0.1, 0.15) is 6.92 Å². The fraction of sp³-hybridized carbons (Fsp3) is 0.0588. The topological polar surface area (TPSA) is 77.2 Å². The molecule has 0 bridgehead atoms. The van der Waals surface area contributed by atoms with Crippen molar-refractivity contribution < 1.29 is 9.53 Å². The number of hydrogen-bond acceptors (Lipinski definition) is 4. The minimum absolute atomic E-state index is 0.185. The highest BCUT2D eigenvalue weighted by atomic mass is 127. The van der Waals surface area contributed by atoms with Crippen LogP contribution in [0.2, 0.25) is 0 Å². The molecule has 7 heteroatoms. The van der Waals surface area contributed by atoms with Gasteiger partial charge < -0.3 is 15.8 Å². The van der Waals surface area contributed by atoms with E-state index in [2.05, 4.69) is 55.5 Å². The van der Waals surface area contributed by atoms with Crippen molar-refractivity contribution in [2.45, 2.75) is 6.92 Å². The lowest BCUT2D eigenvalue weighted by atomic mass is 10.2. The minimum Gasteiger partial charge on any atom is -0.452 e. The number of pyridine rings is 1. The van der Waals surface area contributed by atoms with Gasteiger partial charge in [-0.1, -0.05) is 12.1 Å². The van der Waals surface area contributed by atoms with Gasteiger partial charge in [-0.3, -0.25) is 9.78 Å². The average molecular weight is 545 g/mol. The molecule has 5 nitrogen and oxygen atoms in total. The van der Waals surface area contributed by atoms with Gasteiger partial charge in [-0.15, -0.1) is 0 Å². The summed E-state index contributed by atoms with van der Waals surface area (Å²) in [5.74, 6) is 0.945. The molecule has 122 valence electrons. The second kappa shape index (κ2) is 7.09. The molecule has 1 amide bonds. The lowest BCUT2D eigenvalue weighted by Gasteiger charge is -2.15. The number of rotatable bonds is 3. The zero-order valence-corrected chi connectivity index (χ0v) is 17.0. The smallest absolute Gasteiger partial charge is 0.221 e. The molecular formula is C17H13I2N3O2. The van der Waals surface area contributed by atoms with Gasteiger partial charge in [-0.2, -0.15) is 0 Å². The summed E-state index contributed by atoms with van der Waals surface area (Å²) in [7, 11) is 0. The fourth-order valence-electron chi connectivity index (χ4n) is 2.29. The standard InChI is InChI=1S/C17H13I2N3O2/c1-9(23)22-13-5-2-6-14(15(13)20)24-17-12(19)8-11(18)10-4-3-7-21-16(10)17/h2-8H,20H2,1H3,(H,22,23). The van der Waals surface area contributed by atoms with E-state index in [0.717, 1.165) is 18.0 Å². The number of nitrogens with zero attached hydrogens (tertiary/aromatic N) is 1. The maximum atomic E-state index is 11.3. The van der Waals surface area contributed by atoms with Crippen molar-refractivity contribution in [1.82, 2.24) is 4.98 Å². The van der Waals surface area contributed by atoms with E-state index in [1.165, 1.54) is 6.92 Å². The number of carbonyl (C=O) groups excluding carboxylic acids is 1. The normalized spacial score (nSPS) is 10.6. The Bertz CT molecular complexity index is 945. The van der Waals surface area contributed by atoms with Crippen LogP contribution in [0.3, 0.4) is 0 Å². The third-order valence-electron chi connectivity index (χ3n) is 3.34. The summed E-state index contributed by atoms with van der Waals surface area (Å²) >= 11 is 4.50. The predicted molar refractivity (Wildman–Crippen MR) is 112 cm³/mol. The van der Waals surface area contributed by atoms with E-state index in [4.69, 9.17) is 10.5 Å². The number of para-hydroxylation sites is 1. The molecule has 0 radical (unpaired) electrons. The number of carbonyl (C=O) groups is 1. The third-order valence-corrected chi connectivity index (χ3v) is 5.03. The second-order valence-electron chi connectivity index (χ2n) is 5.07. The summed E-state index contributed by atoms with van der Waals surface area (Å²) in [6.07, 6.45) is 1.73. The molecule has 1 heterocycles. The van der Waals surface area contributed by atoms with Crippen molar-refractivity contribution in [3.05, 3.63) is 49.7 Å². The Labute approximate surface area is 166 Å². The Morgan fingerprint density at radius 3 is 2.75 bits per heavy atom. The highest BCUT2D eigenvalue weighted by molar-refractivity contribution is 14.1. The zero-order chi connectivity index (χ0) is 17.3. The first-order chi connectivity index (χ1) is 11.5. The molecule has 1 aromatic heterocycles. The van der Waals surface area contributed by atoms with Crippen LogP contribution in [0.5, 0.6) is 11.5 Å². The lowest BCUT2D eigenvalue weighted by Crippen LogP contribution is -2.08. The van der Waals surface area contributed by atoms with Crippen LogP contribution >= 0.6 is 45.2 Å². The predicted octanol–water partition coefficient (Wildman–Crippen LogP) is 4.78. The van der Waals surface area contributed by atoms with Crippen LogP contribution in [0.15, 0.2) is 42.6 Å². The Morgan fingerprint density at radius 1 is 1.21 bits per heavy atom. The molecule has 0 saturated carbocycles. The Morgan fingerprint density at radius 2 is 2.00 bits per heavy atom. The number of ether oxygens (including phenoxy) is 1. The van der Waals surface area contributed by atoms with Crippen molar-refractivity contribution in [2.75, 3.05) is 11.1 Å². The van der Waals surface area contributed by atoms with Gasteiger partial charge in [0.1, 0.15) is 5.52 Å². The van der Waals surface area contributed by atoms with Gasteiger partial charge in [-0.05, 0) is 69.4 Å². The SMILES string of the molecule is CC(=O)Nc1cccc(Oc2c(I)cc(I)c3cccnc23)c1N. The Balaban J connectivity index is 2.10. The number of anilines is 2. The Kier molecular flexibility index (Phi) is 5.09. The monoisotopic (exact) mass is 545 g/mol. The molecule has 0 atom stereocenters. The highest BCUT2D eigenvalue weighted by Gasteiger charge is 2.15. The summed E-state index contributed by atoms with van der Waals surface area (Å²) in [5, 5.41) is 3.72. The lowest BCUT2D eigenvalue weighted by molar-refractivity contribution is -0.114. The number of hydrogen-bond donors (Lipinski definition) is 2. The van der Waals surface area contributed by atoms with Crippen molar-refractivity contribution >= 4 is 73.4 Å². The van der Waals surface area contributed by atoms with Crippen LogP contribution in [0, 0.1) is 7.14 Å². The molecule has 0 aliphatic carbocycles. The zero-order valence-electron chi connectivity index (χ0n) is 12.6. The summed E-state index contributed by atoms with van der Waals surface area (Å²) in [6.45, 7) is 1.44. The van der Waals surface area contributed by atoms with E-state index < -0.39 is 0 Å². The molecule has 0 spiro atoms. The second-order valence-corrected chi connectivity index (χ2v) is 7.39. The maximum absolute atomic E-state index is 11.3. The van der Waals surface area contributed by atoms with Crippen LogP contribution in [-0.4, -0.2) is 10.9 Å². The van der Waals surface area contributed by atoms with E-state index >= 15 is 0 Å². The molecule has 3 aromatic rings. The fourth-order valence-corrected chi connectivity index (χ4v) is 4.30. The molecule has 0 saturated heterocycles. The first-order valence-corrected chi connectivity index (χ1v) is 9.20. The van der Waals surface area contributed by atoms with E-state index in [0.29, 0.717) is 22.9 Å². The van der Waals surface area contributed by atoms with Gasteiger partial charge in [0, 0.05) is 22.1 Å². The summed E-state index contributed by atoms with van der Waals surface area (Å²) in [4.78, 5) is 15.7. The van der Waals surface area contributed by atoms with E-state index in [1.54, 1.807) is 24.4 Å². The largest absolute Gasteiger partial charge is 0.452 e. The maximum Gasteiger partial charge on any atom is 0.221 e. The van der Waals surface area contributed by atoms with Gasteiger partial charge in [0.05, 0.1) is 14.9 Å². The van der Waals surface area contributed by atoms with Crippen LogP contribution in [0.25, 0.3) is 10.9 Å². The summed E-state index contributed by atoms with van der Waals surface area (Å²) in [5.41, 5.74) is 7.82. The molecule has 0 aliphatic heterocycles. The molecule has 0 unspecified atom stereocenters. The number of nitrogens with one attached hydrogen (secondary N) is 1. The number of halogens is 2. The molecule has 0 fully saturated rings. The number of amides is 1. The van der Waals surface area contributed by atoms with Gasteiger partial charge >= 0.3 is 0 Å². The first kappa shape index (κ1) is 17.2. The molecule has 3 N–H and O–H groups in total. The quantitative estimate of drug-likeness (QED) is 0.367. The third kappa shape index (κ3) is 3.41. The first-order valence-electron chi connectivity index (χ1n) is 7.04. The van der Waals surface area contributed by atoms with E-state index in [9.17, 15) is 4.79 Å². The van der Waals surface area contributed by atoms with E-state index in [1.807, 2.05) is 18.2 Å². The van der Waals surface area contributed by atoms with Crippen LogP contribution < -0.4 is 15.8 Å². The number of benzene rings is 2. The van der Waals surface area contributed by atoms with Crippen LogP contribution in [0.4, 0.5) is 11.4 Å². The number of fused-ring (bicyclic) bond motifs is 1. The summed E-state index contributed by atoms with van der Waals surface area (Å²) in [6, 6.07) is 11.2. The van der Waals surface area contributed by atoms with E-state index in [-0.39, 0.29) is 5.91 Å². The van der Waals surface area contributed by atoms with Gasteiger partial charge in [0.15, 0.2) is 11.5 Å². The number of nitrogen functional groups attached to an aromatic ring is 1. The molecule has 2 aromatic carbocycles. The van der Waals surface area contributed by atoms with Crippen molar-refractivity contribution in [3.8, 4) is 11.5 Å². The molecule has 0 aliphatic rings. The van der Waals surface area contributed by atoms with Crippen molar-refractivity contribution in [2.24, 2.45) is 0 Å². The molecule has 24 heavy (non-hydrogen) atoms. The van der Waals surface area contributed by atoms with Gasteiger partial charge in [0.25, 0.3) is 0 Å². The highest BCUT2D eigenvalue weighted by Crippen LogP contribution is 2.39. The summed E-state index contributed by atoms with van der Waals surface area (Å²) < 4.78 is 8.12. The number of nitrogens with two attached hydrogens (primary N) is 1. The molecule has 3 rings (SSSR count).